The zero-order valence-electron chi connectivity index (χ0n) is 9.59. The fourth-order valence-electron chi connectivity index (χ4n) is 1.96. The molecular formula is C12H15NO4. The molecule has 5 heteroatoms. The molecule has 1 heterocycles. The van der Waals surface area contributed by atoms with E-state index in [-0.39, 0.29) is 23.0 Å². The summed E-state index contributed by atoms with van der Waals surface area (Å²) >= 11 is 0. The van der Waals surface area contributed by atoms with Gasteiger partial charge in [0, 0.05) is 13.1 Å². The third-order valence-electron chi connectivity index (χ3n) is 2.90. The van der Waals surface area contributed by atoms with Crippen LogP contribution in [0.1, 0.15) is 16.8 Å². The van der Waals surface area contributed by atoms with Crippen molar-refractivity contribution in [3.63, 3.8) is 0 Å². The van der Waals surface area contributed by atoms with Crippen molar-refractivity contribution < 1.29 is 19.7 Å². The molecule has 92 valence electrons. The number of para-hydroxylation sites is 1. The van der Waals surface area contributed by atoms with E-state index < -0.39 is 6.10 Å². The van der Waals surface area contributed by atoms with E-state index in [1.807, 2.05) is 0 Å². The fourth-order valence-corrected chi connectivity index (χ4v) is 1.96. The number of benzene rings is 1. The van der Waals surface area contributed by atoms with E-state index >= 15 is 0 Å². The minimum absolute atomic E-state index is 0.151. The molecule has 0 unspecified atom stereocenters. The summed E-state index contributed by atoms with van der Waals surface area (Å²) in [5.74, 6) is -0.157. The summed E-state index contributed by atoms with van der Waals surface area (Å²) in [4.78, 5) is 13.6. The third kappa shape index (κ3) is 2.19. The van der Waals surface area contributed by atoms with E-state index in [4.69, 9.17) is 4.74 Å². The van der Waals surface area contributed by atoms with Crippen LogP contribution in [0, 0.1) is 0 Å². The van der Waals surface area contributed by atoms with Gasteiger partial charge < -0.3 is 19.8 Å². The molecule has 1 fully saturated rings. The van der Waals surface area contributed by atoms with Crippen molar-refractivity contribution in [2.45, 2.75) is 12.5 Å². The molecule has 1 aliphatic heterocycles. The highest BCUT2D eigenvalue weighted by Crippen LogP contribution is 2.30. The van der Waals surface area contributed by atoms with Crippen LogP contribution < -0.4 is 4.74 Å². The number of β-amino-alcohol motifs (C(OH)–C–C–N with tert-alkyl or cyclic N) is 1. The number of aliphatic hydroxyl groups excluding tert-OH is 1. The number of hydrogen-bond acceptors (Lipinski definition) is 4. The number of carbonyl (C=O) groups excluding carboxylic acids is 1. The van der Waals surface area contributed by atoms with Crippen molar-refractivity contribution >= 4 is 5.91 Å². The predicted octanol–water partition coefficient (Wildman–Crippen LogP) is 0.608. The molecule has 1 atom stereocenters. The molecule has 0 aliphatic carbocycles. The van der Waals surface area contributed by atoms with E-state index in [1.54, 1.807) is 18.2 Å². The first-order valence-corrected chi connectivity index (χ1v) is 5.46. The first kappa shape index (κ1) is 11.7. The summed E-state index contributed by atoms with van der Waals surface area (Å²) in [7, 11) is 1.43. The molecule has 5 nitrogen and oxygen atoms in total. The van der Waals surface area contributed by atoms with Crippen LogP contribution in [0.2, 0.25) is 0 Å². The number of aliphatic hydroxyl groups is 1. The van der Waals surface area contributed by atoms with Gasteiger partial charge in [-0.05, 0) is 18.6 Å². The largest absolute Gasteiger partial charge is 0.504 e. The Kier molecular flexibility index (Phi) is 3.19. The summed E-state index contributed by atoms with van der Waals surface area (Å²) in [6, 6.07) is 4.79. The van der Waals surface area contributed by atoms with Crippen LogP contribution in [0.4, 0.5) is 0 Å². The van der Waals surface area contributed by atoms with Crippen LogP contribution in [0.3, 0.4) is 0 Å². The minimum atomic E-state index is -0.466. The standard InChI is InChI=1S/C12H15NO4/c1-17-10-4-2-3-9(11(10)15)12(16)13-6-5-8(14)7-13/h2-4,8,14-15H,5-7H2,1H3/t8-/m0/s1. The summed E-state index contributed by atoms with van der Waals surface area (Å²) in [5, 5.41) is 19.2. The van der Waals surface area contributed by atoms with Crippen LogP contribution in [0.5, 0.6) is 11.5 Å². The summed E-state index contributed by atoms with van der Waals surface area (Å²) < 4.78 is 4.95. The highest BCUT2D eigenvalue weighted by molar-refractivity contribution is 5.97. The average Bonchev–Trinajstić information content (AvgIpc) is 2.75. The van der Waals surface area contributed by atoms with Crippen LogP contribution >= 0.6 is 0 Å². The number of amides is 1. The van der Waals surface area contributed by atoms with Crippen LogP contribution in [0.15, 0.2) is 18.2 Å². The minimum Gasteiger partial charge on any atom is -0.504 e. The van der Waals surface area contributed by atoms with Gasteiger partial charge in [0.2, 0.25) is 0 Å². The molecule has 0 saturated carbocycles. The molecule has 1 aromatic carbocycles. The second-order valence-electron chi connectivity index (χ2n) is 4.05. The van der Waals surface area contributed by atoms with Gasteiger partial charge in [0.25, 0.3) is 5.91 Å². The molecule has 0 aromatic heterocycles. The zero-order valence-corrected chi connectivity index (χ0v) is 9.59. The Balaban J connectivity index is 2.25. The van der Waals surface area contributed by atoms with Gasteiger partial charge in [0.05, 0.1) is 18.8 Å². The number of ether oxygens (including phenoxy) is 1. The Morgan fingerprint density at radius 3 is 2.88 bits per heavy atom. The monoisotopic (exact) mass is 237 g/mol. The summed E-state index contributed by atoms with van der Waals surface area (Å²) in [6.45, 7) is 0.826. The second-order valence-corrected chi connectivity index (χ2v) is 4.05. The molecule has 1 saturated heterocycles. The van der Waals surface area contributed by atoms with E-state index in [0.717, 1.165) is 0 Å². The van der Waals surface area contributed by atoms with Crippen molar-refractivity contribution in [1.82, 2.24) is 4.90 Å². The molecule has 1 aromatic rings. The van der Waals surface area contributed by atoms with Crippen molar-refractivity contribution in [1.29, 1.82) is 0 Å². The normalized spacial score (nSPS) is 19.4. The Labute approximate surface area is 99.2 Å². The number of phenolic OH excluding ortho intramolecular Hbond substituents is 1. The number of likely N-dealkylation sites (tertiary alicyclic amines) is 1. The van der Waals surface area contributed by atoms with E-state index in [9.17, 15) is 15.0 Å². The number of rotatable bonds is 2. The van der Waals surface area contributed by atoms with Crippen molar-refractivity contribution in [3.05, 3.63) is 23.8 Å². The average molecular weight is 237 g/mol. The van der Waals surface area contributed by atoms with E-state index in [1.165, 1.54) is 12.0 Å². The molecule has 1 amide bonds. The zero-order chi connectivity index (χ0) is 12.4. The lowest BCUT2D eigenvalue weighted by molar-refractivity contribution is 0.0761. The first-order chi connectivity index (χ1) is 8.13. The van der Waals surface area contributed by atoms with Crippen molar-refractivity contribution in [3.8, 4) is 11.5 Å². The van der Waals surface area contributed by atoms with Crippen molar-refractivity contribution in [2.75, 3.05) is 20.2 Å². The molecule has 2 N–H and O–H groups in total. The Bertz CT molecular complexity index is 433. The highest BCUT2D eigenvalue weighted by atomic mass is 16.5. The lowest BCUT2D eigenvalue weighted by Crippen LogP contribution is -2.29. The second kappa shape index (κ2) is 4.63. The molecular weight excluding hydrogens is 222 g/mol. The van der Waals surface area contributed by atoms with Gasteiger partial charge in [-0.2, -0.15) is 0 Å². The highest BCUT2D eigenvalue weighted by Gasteiger charge is 2.27. The van der Waals surface area contributed by atoms with Gasteiger partial charge in [0.1, 0.15) is 0 Å². The lowest BCUT2D eigenvalue weighted by Gasteiger charge is -2.17. The van der Waals surface area contributed by atoms with Crippen LogP contribution in [0.25, 0.3) is 0 Å². The SMILES string of the molecule is COc1cccc(C(=O)N2CC[C@H](O)C2)c1O. The molecule has 17 heavy (non-hydrogen) atoms. The van der Waals surface area contributed by atoms with E-state index in [0.29, 0.717) is 19.5 Å². The maximum absolute atomic E-state index is 12.1. The molecule has 2 rings (SSSR count). The Morgan fingerprint density at radius 1 is 1.53 bits per heavy atom. The number of nitrogens with zero attached hydrogens (tertiary/aromatic N) is 1. The summed E-state index contributed by atoms with van der Waals surface area (Å²) in [6.07, 6.45) is 0.114. The smallest absolute Gasteiger partial charge is 0.257 e. The number of hydrogen-bond donors (Lipinski definition) is 2. The molecule has 0 spiro atoms. The topological polar surface area (TPSA) is 70.0 Å². The Hall–Kier alpha value is -1.75. The molecule has 0 bridgehead atoms. The number of carbonyl (C=O) groups is 1. The first-order valence-electron chi connectivity index (χ1n) is 5.46. The molecule has 0 radical (unpaired) electrons. The number of aromatic hydroxyl groups is 1. The van der Waals surface area contributed by atoms with Crippen molar-refractivity contribution in [2.24, 2.45) is 0 Å². The van der Waals surface area contributed by atoms with Gasteiger partial charge in [-0.1, -0.05) is 6.07 Å². The number of methoxy groups -OCH3 is 1. The van der Waals surface area contributed by atoms with E-state index in [2.05, 4.69) is 0 Å². The predicted molar refractivity (Wildman–Crippen MR) is 61.2 cm³/mol. The Morgan fingerprint density at radius 2 is 2.29 bits per heavy atom. The van der Waals surface area contributed by atoms with Gasteiger partial charge in [-0.15, -0.1) is 0 Å². The quantitative estimate of drug-likeness (QED) is 0.790. The summed E-state index contributed by atoms with van der Waals surface area (Å²) in [5.41, 5.74) is 0.207. The maximum atomic E-state index is 12.1. The third-order valence-corrected chi connectivity index (χ3v) is 2.90. The van der Waals surface area contributed by atoms with Gasteiger partial charge in [0.15, 0.2) is 11.5 Å². The lowest BCUT2D eigenvalue weighted by atomic mass is 10.1. The van der Waals surface area contributed by atoms with Gasteiger partial charge in [-0.25, -0.2) is 0 Å². The molecule has 1 aliphatic rings. The van der Waals surface area contributed by atoms with Gasteiger partial charge in [-0.3, -0.25) is 4.79 Å². The van der Waals surface area contributed by atoms with Crippen LogP contribution in [-0.4, -0.2) is 47.3 Å². The van der Waals surface area contributed by atoms with Gasteiger partial charge >= 0.3 is 0 Å². The fraction of sp³-hybridized carbons (Fsp3) is 0.417. The number of phenols is 1. The van der Waals surface area contributed by atoms with Crippen LogP contribution in [-0.2, 0) is 0 Å². The maximum Gasteiger partial charge on any atom is 0.257 e.